The average molecular weight is 306 g/mol. The van der Waals surface area contributed by atoms with Crippen LogP contribution in [-0.2, 0) is 0 Å². The first-order valence-corrected chi connectivity index (χ1v) is 7.57. The highest BCUT2D eigenvalue weighted by Gasteiger charge is 2.15. The molecule has 1 amide bonds. The molecule has 0 aliphatic carbocycles. The molecule has 0 aliphatic heterocycles. The summed E-state index contributed by atoms with van der Waals surface area (Å²) in [6.07, 6.45) is 0.678. The number of amides is 1. The van der Waals surface area contributed by atoms with Crippen LogP contribution in [0.15, 0.2) is 29.6 Å². The number of rotatable bonds is 6. The van der Waals surface area contributed by atoms with Crippen LogP contribution in [0.3, 0.4) is 0 Å². The van der Waals surface area contributed by atoms with E-state index < -0.39 is 0 Å². The van der Waals surface area contributed by atoms with Crippen LogP contribution in [-0.4, -0.2) is 35.8 Å². The molecule has 0 bridgehead atoms. The van der Waals surface area contributed by atoms with Crippen LogP contribution in [0, 0.1) is 0 Å². The summed E-state index contributed by atoms with van der Waals surface area (Å²) in [5, 5.41) is 14.4. The van der Waals surface area contributed by atoms with Crippen molar-refractivity contribution in [3.05, 3.63) is 35.3 Å². The Kier molecular flexibility index (Phi) is 5.30. The molecule has 0 spiro atoms. The highest BCUT2D eigenvalue weighted by Crippen LogP contribution is 2.25. The standard InChI is InChI=1S/C15H18N2O3S/c1-3-11(8-18)16-14(19)13-9-21-15(17-13)10-4-6-12(20-2)7-5-10/h4-7,9,11,18H,3,8H2,1-2H3,(H,16,19)/t11-/m1/s1. The van der Waals surface area contributed by atoms with E-state index in [2.05, 4.69) is 10.3 Å². The lowest BCUT2D eigenvalue weighted by Gasteiger charge is -2.12. The van der Waals surface area contributed by atoms with Crippen LogP contribution in [0.5, 0.6) is 5.75 Å². The molecule has 1 aromatic heterocycles. The number of carbonyl (C=O) groups excluding carboxylic acids is 1. The van der Waals surface area contributed by atoms with Gasteiger partial charge in [0.2, 0.25) is 0 Å². The van der Waals surface area contributed by atoms with E-state index in [9.17, 15) is 4.79 Å². The third-order valence-corrected chi connectivity index (χ3v) is 4.01. The monoisotopic (exact) mass is 306 g/mol. The second-order valence-corrected chi connectivity index (χ2v) is 5.39. The first-order valence-electron chi connectivity index (χ1n) is 6.69. The largest absolute Gasteiger partial charge is 0.497 e. The van der Waals surface area contributed by atoms with Gasteiger partial charge < -0.3 is 15.2 Å². The minimum absolute atomic E-state index is 0.0717. The summed E-state index contributed by atoms with van der Waals surface area (Å²) >= 11 is 1.41. The van der Waals surface area contributed by atoms with Crippen molar-refractivity contribution < 1.29 is 14.6 Å². The summed E-state index contributed by atoms with van der Waals surface area (Å²) in [7, 11) is 1.62. The number of carbonyl (C=O) groups is 1. The molecule has 6 heteroatoms. The number of methoxy groups -OCH3 is 1. The third-order valence-electron chi connectivity index (χ3n) is 3.12. The van der Waals surface area contributed by atoms with Crippen LogP contribution >= 0.6 is 11.3 Å². The number of aromatic nitrogens is 1. The van der Waals surface area contributed by atoms with Crippen molar-refractivity contribution >= 4 is 17.2 Å². The molecule has 2 rings (SSSR count). The van der Waals surface area contributed by atoms with Crippen molar-refractivity contribution in [2.45, 2.75) is 19.4 Å². The molecule has 0 radical (unpaired) electrons. The van der Waals surface area contributed by atoms with E-state index in [0.29, 0.717) is 12.1 Å². The fraction of sp³-hybridized carbons (Fsp3) is 0.333. The summed E-state index contributed by atoms with van der Waals surface area (Å²) in [6, 6.07) is 7.29. The average Bonchev–Trinajstić information content (AvgIpc) is 3.02. The Bertz CT molecular complexity index is 591. The number of nitrogens with zero attached hydrogens (tertiary/aromatic N) is 1. The molecule has 1 aromatic carbocycles. The van der Waals surface area contributed by atoms with Crippen molar-refractivity contribution in [2.75, 3.05) is 13.7 Å². The summed E-state index contributed by atoms with van der Waals surface area (Å²) in [6.45, 7) is 1.84. The van der Waals surface area contributed by atoms with Gasteiger partial charge in [0.15, 0.2) is 0 Å². The molecular formula is C15H18N2O3S. The van der Waals surface area contributed by atoms with E-state index in [1.165, 1.54) is 11.3 Å². The fourth-order valence-corrected chi connectivity index (χ4v) is 2.59. The molecule has 2 N–H and O–H groups in total. The molecule has 0 unspecified atom stereocenters. The Morgan fingerprint density at radius 3 is 2.71 bits per heavy atom. The Hall–Kier alpha value is -1.92. The van der Waals surface area contributed by atoms with Crippen molar-refractivity contribution in [1.29, 1.82) is 0 Å². The zero-order chi connectivity index (χ0) is 15.2. The van der Waals surface area contributed by atoms with Gasteiger partial charge in [0.1, 0.15) is 16.5 Å². The lowest BCUT2D eigenvalue weighted by atomic mass is 10.2. The lowest BCUT2D eigenvalue weighted by molar-refractivity contribution is 0.0910. The first kappa shape index (κ1) is 15.5. The van der Waals surface area contributed by atoms with Gasteiger partial charge in [-0.05, 0) is 30.7 Å². The maximum atomic E-state index is 12.0. The maximum Gasteiger partial charge on any atom is 0.271 e. The van der Waals surface area contributed by atoms with Crippen LogP contribution in [0.4, 0.5) is 0 Å². The van der Waals surface area contributed by atoms with E-state index in [0.717, 1.165) is 16.3 Å². The number of hydrogen-bond acceptors (Lipinski definition) is 5. The Morgan fingerprint density at radius 2 is 2.14 bits per heavy atom. The number of hydrogen-bond donors (Lipinski definition) is 2. The molecule has 112 valence electrons. The van der Waals surface area contributed by atoms with Crippen molar-refractivity contribution in [1.82, 2.24) is 10.3 Å². The predicted molar refractivity (Wildman–Crippen MR) is 82.7 cm³/mol. The topological polar surface area (TPSA) is 71.5 Å². The van der Waals surface area contributed by atoms with Crippen molar-refractivity contribution in [3.63, 3.8) is 0 Å². The number of aliphatic hydroxyl groups excluding tert-OH is 1. The minimum Gasteiger partial charge on any atom is -0.497 e. The van der Waals surface area contributed by atoms with E-state index in [-0.39, 0.29) is 18.6 Å². The molecule has 5 nitrogen and oxygen atoms in total. The van der Waals surface area contributed by atoms with Crippen molar-refractivity contribution in [2.24, 2.45) is 0 Å². The van der Waals surface area contributed by atoms with Gasteiger partial charge in [-0.3, -0.25) is 4.79 Å². The molecule has 21 heavy (non-hydrogen) atoms. The zero-order valence-electron chi connectivity index (χ0n) is 12.0. The highest BCUT2D eigenvalue weighted by atomic mass is 32.1. The first-order chi connectivity index (χ1) is 10.2. The van der Waals surface area contributed by atoms with E-state index >= 15 is 0 Å². The summed E-state index contributed by atoms with van der Waals surface area (Å²) in [4.78, 5) is 16.4. The van der Waals surface area contributed by atoms with Gasteiger partial charge in [0.05, 0.1) is 19.8 Å². The quantitative estimate of drug-likeness (QED) is 0.859. The highest BCUT2D eigenvalue weighted by molar-refractivity contribution is 7.13. The summed E-state index contributed by atoms with van der Waals surface area (Å²) in [5.74, 6) is 0.522. The fourth-order valence-electron chi connectivity index (χ4n) is 1.78. The Morgan fingerprint density at radius 1 is 1.43 bits per heavy atom. The van der Waals surface area contributed by atoms with Gasteiger partial charge in [0.25, 0.3) is 5.91 Å². The number of ether oxygens (including phenoxy) is 1. The summed E-state index contributed by atoms with van der Waals surface area (Å²) in [5.41, 5.74) is 1.31. The Balaban J connectivity index is 2.11. The molecule has 1 atom stereocenters. The maximum absolute atomic E-state index is 12.0. The van der Waals surface area contributed by atoms with Gasteiger partial charge in [-0.25, -0.2) is 4.98 Å². The predicted octanol–water partition coefficient (Wildman–Crippen LogP) is 2.32. The molecule has 0 saturated carbocycles. The van der Waals surface area contributed by atoms with Crippen LogP contribution in [0.2, 0.25) is 0 Å². The molecule has 1 heterocycles. The zero-order valence-corrected chi connectivity index (χ0v) is 12.8. The van der Waals surface area contributed by atoms with Gasteiger partial charge in [0, 0.05) is 10.9 Å². The lowest BCUT2D eigenvalue weighted by Crippen LogP contribution is -2.37. The van der Waals surface area contributed by atoms with E-state index in [4.69, 9.17) is 9.84 Å². The normalized spacial score (nSPS) is 12.0. The summed E-state index contributed by atoms with van der Waals surface area (Å²) < 4.78 is 5.11. The van der Waals surface area contributed by atoms with Gasteiger partial charge in [-0.15, -0.1) is 11.3 Å². The number of aliphatic hydroxyl groups is 1. The number of thiazole rings is 1. The van der Waals surface area contributed by atoms with Gasteiger partial charge in [-0.1, -0.05) is 6.92 Å². The van der Waals surface area contributed by atoms with E-state index in [1.54, 1.807) is 12.5 Å². The van der Waals surface area contributed by atoms with Gasteiger partial charge >= 0.3 is 0 Å². The SMILES string of the molecule is CC[C@H](CO)NC(=O)c1csc(-c2ccc(OC)cc2)n1. The Labute approximate surface area is 127 Å². The number of nitrogens with one attached hydrogen (secondary N) is 1. The van der Waals surface area contributed by atoms with Crippen LogP contribution < -0.4 is 10.1 Å². The number of benzene rings is 1. The second-order valence-electron chi connectivity index (χ2n) is 4.53. The van der Waals surface area contributed by atoms with Crippen LogP contribution in [0.1, 0.15) is 23.8 Å². The molecule has 0 aliphatic rings. The molecule has 2 aromatic rings. The second kappa shape index (κ2) is 7.19. The third kappa shape index (κ3) is 3.80. The van der Waals surface area contributed by atoms with Gasteiger partial charge in [-0.2, -0.15) is 0 Å². The molecule has 0 saturated heterocycles. The smallest absolute Gasteiger partial charge is 0.271 e. The molecule has 0 fully saturated rings. The molecular weight excluding hydrogens is 288 g/mol. The van der Waals surface area contributed by atoms with Crippen LogP contribution in [0.25, 0.3) is 10.6 Å². The van der Waals surface area contributed by atoms with E-state index in [1.807, 2.05) is 31.2 Å². The minimum atomic E-state index is -0.257. The van der Waals surface area contributed by atoms with Crippen molar-refractivity contribution in [3.8, 4) is 16.3 Å².